The Labute approximate surface area is 198 Å². The second-order valence-electron chi connectivity index (χ2n) is 7.75. The number of carbonyl (C=O) groups excluding carboxylic acids is 2. The Kier molecular flexibility index (Phi) is 7.14. The van der Waals surface area contributed by atoms with Gasteiger partial charge in [0.1, 0.15) is 0 Å². The summed E-state index contributed by atoms with van der Waals surface area (Å²) in [5.74, 6) is -0.0131. The van der Waals surface area contributed by atoms with Gasteiger partial charge in [0.05, 0.1) is 0 Å². The van der Waals surface area contributed by atoms with Crippen LogP contribution in [0.25, 0.3) is 0 Å². The van der Waals surface area contributed by atoms with Crippen LogP contribution < -0.4 is 10.2 Å². The molecule has 0 atom stereocenters. The summed E-state index contributed by atoms with van der Waals surface area (Å²) >= 11 is 1.63. The Morgan fingerprint density at radius 3 is 2.21 bits per heavy atom. The van der Waals surface area contributed by atoms with Gasteiger partial charge >= 0.3 is 6.03 Å². The van der Waals surface area contributed by atoms with Gasteiger partial charge in [-0.1, -0.05) is 6.07 Å². The first-order chi connectivity index (χ1) is 16.0. The molecule has 1 aromatic heterocycles. The lowest BCUT2D eigenvalue weighted by atomic mass is 10.1. The van der Waals surface area contributed by atoms with Crippen LogP contribution in [0.15, 0.2) is 78.0 Å². The molecule has 7 nitrogen and oxygen atoms in total. The van der Waals surface area contributed by atoms with E-state index in [4.69, 9.17) is 0 Å². The third kappa shape index (κ3) is 5.46. The van der Waals surface area contributed by atoms with Crippen LogP contribution in [-0.2, 0) is 0 Å². The maximum Gasteiger partial charge on any atom is 0.321 e. The van der Waals surface area contributed by atoms with Crippen LogP contribution in [0.5, 0.6) is 0 Å². The summed E-state index contributed by atoms with van der Waals surface area (Å²) in [6.07, 6.45) is 5.51. The van der Waals surface area contributed by atoms with Crippen molar-refractivity contribution >= 4 is 40.8 Å². The molecule has 0 spiro atoms. The molecule has 1 fully saturated rings. The minimum atomic E-state index is -0.135. The quantitative estimate of drug-likeness (QED) is 0.564. The van der Waals surface area contributed by atoms with Gasteiger partial charge in [-0.05, 0) is 60.9 Å². The summed E-state index contributed by atoms with van der Waals surface area (Å²) in [6, 6.07) is 19.1. The number of piperazine rings is 1. The van der Waals surface area contributed by atoms with Gasteiger partial charge in [0, 0.05) is 73.1 Å². The van der Waals surface area contributed by atoms with Gasteiger partial charge < -0.3 is 20.0 Å². The smallest absolute Gasteiger partial charge is 0.321 e. The SMILES string of the molecule is CSc1cccc(NC(=O)N2CCN(C(=O)c3ccc(N(C)c4ccncc4)cc3)CC2)c1. The molecule has 4 rings (SSSR count). The van der Waals surface area contributed by atoms with Crippen molar-refractivity contribution < 1.29 is 9.59 Å². The summed E-state index contributed by atoms with van der Waals surface area (Å²) in [6.45, 7) is 2.02. The zero-order valence-corrected chi connectivity index (χ0v) is 19.6. The fourth-order valence-electron chi connectivity index (χ4n) is 3.74. The predicted molar refractivity (Wildman–Crippen MR) is 133 cm³/mol. The summed E-state index contributed by atoms with van der Waals surface area (Å²) < 4.78 is 0. The van der Waals surface area contributed by atoms with Crippen molar-refractivity contribution in [2.45, 2.75) is 4.90 Å². The van der Waals surface area contributed by atoms with Crippen molar-refractivity contribution in [3.63, 3.8) is 0 Å². The van der Waals surface area contributed by atoms with Crippen LogP contribution in [0.2, 0.25) is 0 Å². The van der Waals surface area contributed by atoms with E-state index < -0.39 is 0 Å². The average Bonchev–Trinajstić information content (AvgIpc) is 2.88. The molecule has 1 aliphatic heterocycles. The van der Waals surface area contributed by atoms with E-state index in [-0.39, 0.29) is 11.9 Å². The molecule has 0 bridgehead atoms. The first kappa shape index (κ1) is 22.7. The van der Waals surface area contributed by atoms with Gasteiger partial charge in [0.25, 0.3) is 5.91 Å². The summed E-state index contributed by atoms with van der Waals surface area (Å²) in [4.78, 5) is 36.3. The van der Waals surface area contributed by atoms with Gasteiger partial charge in [-0.3, -0.25) is 9.78 Å². The molecule has 33 heavy (non-hydrogen) atoms. The third-order valence-electron chi connectivity index (χ3n) is 5.73. The number of carbonyl (C=O) groups is 2. The number of hydrogen-bond donors (Lipinski definition) is 1. The van der Waals surface area contributed by atoms with Crippen LogP contribution in [0.4, 0.5) is 21.9 Å². The summed E-state index contributed by atoms with van der Waals surface area (Å²) in [7, 11) is 1.98. The number of rotatable bonds is 5. The summed E-state index contributed by atoms with van der Waals surface area (Å²) in [5.41, 5.74) is 3.44. The van der Waals surface area contributed by atoms with Crippen molar-refractivity contribution in [2.24, 2.45) is 0 Å². The Bertz CT molecular complexity index is 1100. The van der Waals surface area contributed by atoms with Gasteiger partial charge in [0.2, 0.25) is 0 Å². The molecule has 0 aliphatic carbocycles. The zero-order chi connectivity index (χ0) is 23.2. The highest BCUT2D eigenvalue weighted by Crippen LogP contribution is 2.24. The molecule has 8 heteroatoms. The monoisotopic (exact) mass is 461 g/mol. The largest absolute Gasteiger partial charge is 0.345 e. The van der Waals surface area contributed by atoms with E-state index in [1.54, 1.807) is 34.0 Å². The first-order valence-electron chi connectivity index (χ1n) is 10.8. The molecule has 170 valence electrons. The molecular formula is C25H27N5O2S. The third-order valence-corrected chi connectivity index (χ3v) is 6.45. The number of hydrogen-bond acceptors (Lipinski definition) is 5. The number of aromatic nitrogens is 1. The number of urea groups is 1. The first-order valence-corrected chi connectivity index (χ1v) is 12.0. The molecule has 3 aromatic rings. The highest BCUT2D eigenvalue weighted by Gasteiger charge is 2.25. The van der Waals surface area contributed by atoms with Crippen molar-refractivity contribution in [3.8, 4) is 0 Å². The number of thioether (sulfide) groups is 1. The van der Waals surface area contributed by atoms with Gasteiger partial charge in [-0.25, -0.2) is 4.79 Å². The molecule has 0 unspecified atom stereocenters. The molecule has 3 amide bonds. The molecule has 1 saturated heterocycles. The highest BCUT2D eigenvalue weighted by molar-refractivity contribution is 7.98. The Morgan fingerprint density at radius 2 is 1.55 bits per heavy atom. The second-order valence-corrected chi connectivity index (χ2v) is 8.63. The van der Waals surface area contributed by atoms with Crippen molar-refractivity contribution in [1.82, 2.24) is 14.8 Å². The van der Waals surface area contributed by atoms with E-state index in [9.17, 15) is 9.59 Å². The van der Waals surface area contributed by atoms with Gasteiger partial charge in [0.15, 0.2) is 0 Å². The van der Waals surface area contributed by atoms with Crippen molar-refractivity contribution in [2.75, 3.05) is 49.7 Å². The number of amides is 3. The fraction of sp³-hybridized carbons (Fsp3) is 0.240. The van der Waals surface area contributed by atoms with E-state index in [1.807, 2.05) is 78.9 Å². The van der Waals surface area contributed by atoms with Gasteiger partial charge in [-0.2, -0.15) is 0 Å². The molecule has 1 N–H and O–H groups in total. The molecule has 2 aromatic carbocycles. The molecule has 2 heterocycles. The standard InChI is InChI=1S/C25H27N5O2S/c1-28(22-10-12-26-13-11-22)21-8-6-19(7-9-21)24(31)29-14-16-30(17-15-29)25(32)27-20-4-3-5-23(18-20)33-2/h3-13,18H,14-17H2,1-2H3,(H,27,32). The van der Waals surface area contributed by atoms with Gasteiger partial charge in [-0.15, -0.1) is 11.8 Å². The van der Waals surface area contributed by atoms with E-state index in [2.05, 4.69) is 10.3 Å². The lowest BCUT2D eigenvalue weighted by molar-refractivity contribution is 0.0671. The lowest BCUT2D eigenvalue weighted by Crippen LogP contribution is -2.51. The van der Waals surface area contributed by atoms with Crippen LogP contribution >= 0.6 is 11.8 Å². The minimum absolute atomic E-state index is 0.0131. The van der Waals surface area contributed by atoms with Crippen LogP contribution in [0, 0.1) is 0 Å². The van der Waals surface area contributed by atoms with Crippen LogP contribution in [0.1, 0.15) is 10.4 Å². The predicted octanol–water partition coefficient (Wildman–Crippen LogP) is 4.56. The zero-order valence-electron chi connectivity index (χ0n) is 18.8. The fourth-order valence-corrected chi connectivity index (χ4v) is 4.20. The number of benzene rings is 2. The number of nitrogens with one attached hydrogen (secondary N) is 1. The summed E-state index contributed by atoms with van der Waals surface area (Å²) in [5, 5.41) is 2.95. The van der Waals surface area contributed by atoms with Crippen LogP contribution in [-0.4, -0.2) is 66.2 Å². The van der Waals surface area contributed by atoms with E-state index in [0.29, 0.717) is 31.7 Å². The average molecular weight is 462 g/mol. The second kappa shape index (κ2) is 10.4. The maximum absolute atomic E-state index is 13.0. The number of anilines is 3. The molecular weight excluding hydrogens is 434 g/mol. The van der Waals surface area contributed by atoms with E-state index in [0.717, 1.165) is 22.0 Å². The maximum atomic E-state index is 13.0. The molecule has 1 aliphatic rings. The topological polar surface area (TPSA) is 68.8 Å². The lowest BCUT2D eigenvalue weighted by Gasteiger charge is -2.34. The van der Waals surface area contributed by atoms with Crippen molar-refractivity contribution in [3.05, 3.63) is 78.6 Å². The molecule has 0 radical (unpaired) electrons. The Hall–Kier alpha value is -3.52. The normalized spacial score (nSPS) is 13.5. The van der Waals surface area contributed by atoms with Crippen molar-refractivity contribution in [1.29, 1.82) is 0 Å². The van der Waals surface area contributed by atoms with E-state index in [1.165, 1.54) is 0 Å². The van der Waals surface area contributed by atoms with E-state index >= 15 is 0 Å². The van der Waals surface area contributed by atoms with Crippen LogP contribution in [0.3, 0.4) is 0 Å². The number of pyridine rings is 1. The highest BCUT2D eigenvalue weighted by atomic mass is 32.2. The molecule has 0 saturated carbocycles. The Morgan fingerprint density at radius 1 is 0.909 bits per heavy atom. The number of nitrogens with zero attached hydrogens (tertiary/aromatic N) is 4. The Balaban J connectivity index is 1.32. The minimum Gasteiger partial charge on any atom is -0.345 e.